The molecular formula is C12H23O14P. The summed E-state index contributed by atoms with van der Waals surface area (Å²) in [4.78, 5) is 17.4. The van der Waals surface area contributed by atoms with Crippen LogP contribution in [0.3, 0.4) is 0 Å². The van der Waals surface area contributed by atoms with E-state index in [1.54, 1.807) is 0 Å². The molecule has 0 spiro atoms. The summed E-state index contributed by atoms with van der Waals surface area (Å²) in [6.07, 6.45) is -17.2. The Hall–Kier alpha value is -0.290. The first-order valence-corrected chi connectivity index (χ1v) is 9.35. The predicted octanol–water partition coefficient (Wildman–Crippen LogP) is -5.28. The lowest BCUT2D eigenvalue weighted by Gasteiger charge is -2.45. The van der Waals surface area contributed by atoms with Crippen molar-refractivity contribution in [1.82, 2.24) is 0 Å². The minimum absolute atomic E-state index is 0.745. The summed E-state index contributed by atoms with van der Waals surface area (Å²) in [6.45, 7) is -1.62. The fourth-order valence-corrected chi connectivity index (χ4v) is 3.06. The van der Waals surface area contributed by atoms with Crippen molar-refractivity contribution < 1.29 is 68.8 Å². The Bertz CT molecular complexity index is 526. The molecule has 10 atom stereocenters. The van der Waals surface area contributed by atoms with E-state index in [4.69, 9.17) is 29.1 Å². The second-order valence-corrected chi connectivity index (χ2v) is 7.37. The lowest BCUT2D eigenvalue weighted by molar-refractivity contribution is -0.355. The van der Waals surface area contributed by atoms with Crippen LogP contribution in [0.25, 0.3) is 0 Å². The maximum absolute atomic E-state index is 10.8. The van der Waals surface area contributed by atoms with Gasteiger partial charge in [0.1, 0.15) is 48.8 Å². The fourth-order valence-electron chi connectivity index (χ4n) is 2.72. The van der Waals surface area contributed by atoms with Gasteiger partial charge >= 0.3 is 7.82 Å². The lowest BCUT2D eigenvalue weighted by atomic mass is 9.97. The Kier molecular flexibility index (Phi) is 7.68. The van der Waals surface area contributed by atoms with Gasteiger partial charge in [-0.1, -0.05) is 0 Å². The van der Waals surface area contributed by atoms with Crippen molar-refractivity contribution in [3.63, 3.8) is 0 Å². The minimum Gasteiger partial charge on any atom is -0.394 e. The van der Waals surface area contributed by atoms with E-state index in [-0.39, 0.29) is 0 Å². The molecule has 2 rings (SSSR count). The SMILES string of the molecule is O=P(O)(O)OC[C@H]1O[C@@H](O)[C@H](O)[C@@H](O[C@@H]2O[C@H](CO)[C@H](O)[C@H](O)[C@H]2O)[C@H]1O. The molecule has 9 N–H and O–H groups in total. The molecular weight excluding hydrogens is 399 g/mol. The van der Waals surface area contributed by atoms with Crippen LogP contribution in [0.5, 0.6) is 0 Å². The van der Waals surface area contributed by atoms with E-state index in [0.717, 1.165) is 0 Å². The van der Waals surface area contributed by atoms with Gasteiger partial charge in [0.15, 0.2) is 12.6 Å². The lowest BCUT2D eigenvalue weighted by Crippen LogP contribution is -2.64. The maximum Gasteiger partial charge on any atom is 0.469 e. The van der Waals surface area contributed by atoms with Gasteiger partial charge < -0.3 is 59.7 Å². The molecule has 0 aromatic rings. The first-order valence-electron chi connectivity index (χ1n) is 7.82. The van der Waals surface area contributed by atoms with Gasteiger partial charge in [-0.2, -0.15) is 0 Å². The van der Waals surface area contributed by atoms with Gasteiger partial charge in [0.2, 0.25) is 0 Å². The Morgan fingerprint density at radius 1 is 0.815 bits per heavy atom. The first-order chi connectivity index (χ1) is 12.5. The van der Waals surface area contributed by atoms with E-state index in [1.165, 1.54) is 0 Å². The zero-order valence-electron chi connectivity index (χ0n) is 13.7. The van der Waals surface area contributed by atoms with E-state index < -0.39 is 82.4 Å². The van der Waals surface area contributed by atoms with Gasteiger partial charge in [0.05, 0.1) is 13.2 Å². The summed E-state index contributed by atoms with van der Waals surface area (Å²) in [5.74, 6) is 0. The van der Waals surface area contributed by atoms with E-state index in [2.05, 4.69) is 4.52 Å². The van der Waals surface area contributed by atoms with E-state index in [0.29, 0.717) is 0 Å². The largest absolute Gasteiger partial charge is 0.469 e. The van der Waals surface area contributed by atoms with Gasteiger partial charge in [-0.3, -0.25) is 4.52 Å². The molecule has 0 aliphatic carbocycles. The van der Waals surface area contributed by atoms with Gasteiger partial charge in [-0.05, 0) is 0 Å². The van der Waals surface area contributed by atoms with Gasteiger partial charge in [-0.15, -0.1) is 0 Å². The van der Waals surface area contributed by atoms with Crippen LogP contribution in [-0.2, 0) is 23.3 Å². The van der Waals surface area contributed by atoms with E-state index in [1.807, 2.05) is 0 Å². The summed E-state index contributed by atoms with van der Waals surface area (Å²) in [5.41, 5.74) is 0. The number of phosphoric acid groups is 1. The molecule has 2 saturated heterocycles. The number of phosphoric ester groups is 1. The van der Waals surface area contributed by atoms with Crippen molar-refractivity contribution in [2.75, 3.05) is 13.2 Å². The summed E-state index contributed by atoms with van der Waals surface area (Å²) in [5, 5.41) is 68.4. The number of ether oxygens (including phenoxy) is 3. The van der Waals surface area contributed by atoms with Crippen LogP contribution >= 0.6 is 7.82 Å². The molecule has 0 amide bonds. The molecule has 15 heteroatoms. The average Bonchev–Trinajstić information content (AvgIpc) is 2.59. The highest BCUT2D eigenvalue weighted by Gasteiger charge is 2.50. The van der Waals surface area contributed by atoms with Crippen LogP contribution in [0.4, 0.5) is 0 Å². The molecule has 0 bridgehead atoms. The third-order valence-corrected chi connectivity index (χ3v) is 4.69. The third-order valence-electron chi connectivity index (χ3n) is 4.21. The van der Waals surface area contributed by atoms with Crippen LogP contribution in [0.15, 0.2) is 0 Å². The van der Waals surface area contributed by atoms with Gasteiger partial charge in [0.25, 0.3) is 0 Å². The molecule has 14 nitrogen and oxygen atoms in total. The standard InChI is InChI=1S/C12H23O14P/c13-1-3-5(14)7(16)8(17)12(25-3)26-10-6(15)4(2-23-27(20,21)22)24-11(19)9(10)18/h3-19H,1-2H2,(H2,20,21,22)/t3-,4-,5+,6+,7+,8-,9-,10+,11-,12+/m1/s1. The van der Waals surface area contributed by atoms with E-state index in [9.17, 15) is 35.2 Å². The monoisotopic (exact) mass is 422 g/mol. The number of aliphatic hydroxyl groups excluding tert-OH is 7. The smallest absolute Gasteiger partial charge is 0.394 e. The van der Waals surface area contributed by atoms with Crippen molar-refractivity contribution in [3.8, 4) is 0 Å². The van der Waals surface area contributed by atoms with E-state index >= 15 is 0 Å². The molecule has 27 heavy (non-hydrogen) atoms. The zero-order chi connectivity index (χ0) is 20.5. The summed E-state index contributed by atoms with van der Waals surface area (Å²) < 4.78 is 30.1. The molecule has 2 heterocycles. The second kappa shape index (κ2) is 9.02. The van der Waals surface area contributed by atoms with Crippen molar-refractivity contribution in [2.45, 2.75) is 61.4 Å². The molecule has 2 fully saturated rings. The highest BCUT2D eigenvalue weighted by atomic mass is 31.2. The second-order valence-electron chi connectivity index (χ2n) is 6.13. The molecule has 0 saturated carbocycles. The van der Waals surface area contributed by atoms with Crippen LogP contribution in [0, 0.1) is 0 Å². The van der Waals surface area contributed by atoms with Crippen LogP contribution < -0.4 is 0 Å². The average molecular weight is 422 g/mol. The first kappa shape index (κ1) is 23.0. The Balaban J connectivity index is 2.10. The van der Waals surface area contributed by atoms with Crippen molar-refractivity contribution in [1.29, 1.82) is 0 Å². The quantitative estimate of drug-likeness (QED) is 0.182. The number of rotatable bonds is 6. The maximum atomic E-state index is 10.8. The molecule has 2 aliphatic rings. The highest BCUT2D eigenvalue weighted by molar-refractivity contribution is 7.46. The van der Waals surface area contributed by atoms with Crippen molar-refractivity contribution in [3.05, 3.63) is 0 Å². The normalized spacial score (nSPS) is 46.4. The van der Waals surface area contributed by atoms with Crippen LogP contribution in [0.1, 0.15) is 0 Å². The number of hydrogen-bond donors (Lipinski definition) is 9. The van der Waals surface area contributed by atoms with Crippen LogP contribution in [0.2, 0.25) is 0 Å². The molecule has 2 aliphatic heterocycles. The summed E-state index contributed by atoms with van der Waals surface area (Å²) >= 11 is 0. The summed E-state index contributed by atoms with van der Waals surface area (Å²) in [6, 6.07) is 0. The highest BCUT2D eigenvalue weighted by Crippen LogP contribution is 2.37. The van der Waals surface area contributed by atoms with Gasteiger partial charge in [-0.25, -0.2) is 4.57 Å². The Morgan fingerprint density at radius 3 is 2.00 bits per heavy atom. The zero-order valence-corrected chi connectivity index (χ0v) is 14.6. The molecule has 0 radical (unpaired) electrons. The van der Waals surface area contributed by atoms with Gasteiger partial charge in [0, 0.05) is 0 Å². The Morgan fingerprint density at radius 2 is 1.44 bits per heavy atom. The minimum atomic E-state index is -4.92. The fraction of sp³-hybridized carbons (Fsp3) is 1.00. The van der Waals surface area contributed by atoms with Crippen LogP contribution in [-0.4, -0.2) is 120 Å². The number of aliphatic hydroxyl groups is 7. The molecule has 0 aromatic carbocycles. The van der Waals surface area contributed by atoms with Crippen molar-refractivity contribution in [2.24, 2.45) is 0 Å². The Labute approximate surface area is 152 Å². The summed E-state index contributed by atoms with van der Waals surface area (Å²) in [7, 11) is -4.92. The number of hydrogen-bond acceptors (Lipinski definition) is 12. The molecule has 0 unspecified atom stereocenters. The third kappa shape index (κ3) is 5.41. The van der Waals surface area contributed by atoms with Crippen molar-refractivity contribution >= 4 is 7.82 Å². The predicted molar refractivity (Wildman–Crippen MR) is 79.5 cm³/mol. The topological polar surface area (TPSA) is 236 Å². The molecule has 160 valence electrons. The molecule has 0 aromatic heterocycles.